The van der Waals surface area contributed by atoms with Gasteiger partial charge in [-0.25, -0.2) is 19.0 Å². The van der Waals surface area contributed by atoms with Gasteiger partial charge in [0.25, 0.3) is 0 Å². The Bertz CT molecular complexity index is 1270. The van der Waals surface area contributed by atoms with Crippen LogP contribution < -0.4 is 0 Å². The fourth-order valence-corrected chi connectivity index (χ4v) is 3.33. The van der Waals surface area contributed by atoms with Crippen LogP contribution in [0.25, 0.3) is 16.9 Å². The van der Waals surface area contributed by atoms with Crippen molar-refractivity contribution in [1.82, 2.24) is 24.8 Å². The van der Waals surface area contributed by atoms with Crippen LogP contribution in [0.15, 0.2) is 60.8 Å². The molecule has 2 aromatic heterocycles. The lowest BCUT2D eigenvalue weighted by molar-refractivity contribution is 0.0544. The highest BCUT2D eigenvalue weighted by atomic mass is 35.5. The van der Waals surface area contributed by atoms with Crippen molar-refractivity contribution in [1.29, 1.82) is 0 Å². The number of carbonyl (C=O) groups excluding carboxylic acids is 2. The van der Waals surface area contributed by atoms with Crippen molar-refractivity contribution in [2.24, 2.45) is 0 Å². The van der Waals surface area contributed by atoms with Gasteiger partial charge in [0.05, 0.1) is 32.1 Å². The van der Waals surface area contributed by atoms with Crippen molar-refractivity contribution in [3.05, 3.63) is 82.8 Å². The monoisotopic (exact) mass is 451 g/mol. The van der Waals surface area contributed by atoms with E-state index in [0.29, 0.717) is 10.7 Å². The Hall–Kier alpha value is -3.98. The van der Waals surface area contributed by atoms with Crippen molar-refractivity contribution in [3.8, 4) is 16.9 Å². The van der Waals surface area contributed by atoms with Gasteiger partial charge in [0, 0.05) is 22.3 Å². The summed E-state index contributed by atoms with van der Waals surface area (Å²) < 4.78 is 12.5. The third-order valence-corrected chi connectivity index (χ3v) is 4.99. The normalized spacial score (nSPS) is 10.7. The molecular weight excluding hydrogens is 434 g/mol. The quantitative estimate of drug-likeness (QED) is 0.414. The molecule has 9 nitrogen and oxygen atoms in total. The maximum atomic E-state index is 12.4. The number of aromatic nitrogens is 5. The predicted molar refractivity (Wildman–Crippen MR) is 116 cm³/mol. The van der Waals surface area contributed by atoms with E-state index in [9.17, 15) is 9.59 Å². The fourth-order valence-electron chi connectivity index (χ4n) is 3.21. The second kappa shape index (κ2) is 9.03. The summed E-state index contributed by atoms with van der Waals surface area (Å²) in [7, 11) is 2.42. The van der Waals surface area contributed by atoms with E-state index in [2.05, 4.69) is 10.3 Å². The summed E-state index contributed by atoms with van der Waals surface area (Å²) in [5.41, 5.74) is 2.80. The molecule has 0 radical (unpaired) electrons. The molecule has 0 atom stereocenters. The van der Waals surface area contributed by atoms with E-state index < -0.39 is 11.9 Å². The first-order valence-corrected chi connectivity index (χ1v) is 9.89. The summed E-state index contributed by atoms with van der Waals surface area (Å²) in [5, 5.41) is 13.2. The van der Waals surface area contributed by atoms with Crippen molar-refractivity contribution in [3.63, 3.8) is 0 Å². The lowest BCUT2D eigenvalue weighted by atomic mass is 10.1. The van der Waals surface area contributed by atoms with Gasteiger partial charge in [-0.15, -0.1) is 5.10 Å². The topological polar surface area (TPSA) is 101 Å². The van der Waals surface area contributed by atoms with Crippen LogP contribution >= 0.6 is 11.6 Å². The van der Waals surface area contributed by atoms with E-state index in [0.717, 1.165) is 16.8 Å². The van der Waals surface area contributed by atoms with Gasteiger partial charge < -0.3 is 9.47 Å². The molecule has 0 amide bonds. The second-order valence-corrected chi connectivity index (χ2v) is 7.15. The van der Waals surface area contributed by atoms with Gasteiger partial charge in [0.15, 0.2) is 5.69 Å². The van der Waals surface area contributed by atoms with E-state index in [1.165, 1.54) is 18.9 Å². The van der Waals surface area contributed by atoms with E-state index in [4.69, 9.17) is 26.2 Å². The molecule has 2 aromatic carbocycles. The number of rotatable bonds is 6. The number of benzene rings is 2. The Labute approximate surface area is 188 Å². The SMILES string of the molecule is COC(=O)c1nnn(Cc2cn(-c3ccc(Cl)cc3)nc2-c2ccccc2)c1C(=O)OC. The van der Waals surface area contributed by atoms with Gasteiger partial charge in [-0.3, -0.25) is 0 Å². The van der Waals surface area contributed by atoms with E-state index in [1.54, 1.807) is 16.8 Å². The van der Waals surface area contributed by atoms with Crippen LogP contribution in [-0.2, 0) is 16.0 Å². The molecule has 0 unspecified atom stereocenters. The summed E-state index contributed by atoms with van der Waals surface area (Å²) in [6.07, 6.45) is 1.83. The maximum absolute atomic E-state index is 12.4. The van der Waals surface area contributed by atoms with E-state index >= 15 is 0 Å². The summed E-state index contributed by atoms with van der Waals surface area (Å²) >= 11 is 6.01. The van der Waals surface area contributed by atoms with Gasteiger partial charge in [-0.2, -0.15) is 5.10 Å². The molecule has 2 heterocycles. The molecule has 32 heavy (non-hydrogen) atoms. The Morgan fingerprint density at radius 3 is 2.31 bits per heavy atom. The van der Waals surface area contributed by atoms with Gasteiger partial charge in [0.1, 0.15) is 0 Å². The first kappa shape index (κ1) is 21.3. The number of halogens is 1. The van der Waals surface area contributed by atoms with Gasteiger partial charge in [-0.05, 0) is 24.3 Å². The molecular formula is C22H18ClN5O4. The third kappa shape index (κ3) is 4.10. The van der Waals surface area contributed by atoms with Crippen LogP contribution in [0.4, 0.5) is 0 Å². The molecule has 0 saturated heterocycles. The van der Waals surface area contributed by atoms with Crippen LogP contribution in [0.1, 0.15) is 26.5 Å². The molecule has 162 valence electrons. The first-order chi connectivity index (χ1) is 15.5. The predicted octanol–water partition coefficient (Wildman–Crippen LogP) is 3.41. The Kier molecular flexibility index (Phi) is 6.00. The van der Waals surface area contributed by atoms with Crippen molar-refractivity contribution >= 4 is 23.5 Å². The summed E-state index contributed by atoms with van der Waals surface area (Å²) in [4.78, 5) is 24.4. The van der Waals surface area contributed by atoms with Crippen molar-refractivity contribution < 1.29 is 19.1 Å². The Balaban J connectivity index is 1.81. The minimum atomic E-state index is -0.781. The highest BCUT2D eigenvalue weighted by Gasteiger charge is 2.28. The standard InChI is InChI=1S/C22H18ClN5O4/c1-31-21(29)19-20(22(30)32-2)28(26-24-19)13-15-12-27(17-10-8-16(23)9-11-17)25-18(15)14-6-4-3-5-7-14/h3-12H,13H2,1-2H3. The van der Waals surface area contributed by atoms with Crippen LogP contribution in [0, 0.1) is 0 Å². The van der Waals surface area contributed by atoms with E-state index in [1.807, 2.05) is 48.7 Å². The molecule has 0 aliphatic carbocycles. The number of carbonyl (C=O) groups is 2. The largest absolute Gasteiger partial charge is 0.464 e. The van der Waals surface area contributed by atoms with Gasteiger partial charge in [-0.1, -0.05) is 47.1 Å². The summed E-state index contributed by atoms with van der Waals surface area (Å²) in [6.45, 7) is 0.117. The van der Waals surface area contributed by atoms with Gasteiger partial charge in [0.2, 0.25) is 5.69 Å². The number of hydrogen-bond acceptors (Lipinski definition) is 7. The van der Waals surface area contributed by atoms with Crippen LogP contribution in [0.5, 0.6) is 0 Å². The minimum absolute atomic E-state index is 0.0994. The van der Waals surface area contributed by atoms with Crippen molar-refractivity contribution in [2.75, 3.05) is 14.2 Å². The molecule has 0 N–H and O–H groups in total. The minimum Gasteiger partial charge on any atom is -0.464 e. The number of hydrogen-bond donors (Lipinski definition) is 0. The Morgan fingerprint density at radius 1 is 0.969 bits per heavy atom. The first-order valence-electron chi connectivity index (χ1n) is 9.52. The Morgan fingerprint density at radius 2 is 1.66 bits per heavy atom. The lowest BCUT2D eigenvalue weighted by Gasteiger charge is -2.06. The van der Waals surface area contributed by atoms with Crippen LogP contribution in [0.3, 0.4) is 0 Å². The zero-order valence-corrected chi connectivity index (χ0v) is 18.0. The molecule has 4 rings (SSSR count). The molecule has 0 fully saturated rings. The molecule has 10 heteroatoms. The molecule has 0 saturated carbocycles. The van der Waals surface area contributed by atoms with Crippen molar-refractivity contribution in [2.45, 2.75) is 6.54 Å². The molecule has 0 aliphatic heterocycles. The molecule has 4 aromatic rings. The third-order valence-electron chi connectivity index (χ3n) is 4.74. The van der Waals surface area contributed by atoms with E-state index in [-0.39, 0.29) is 17.9 Å². The highest BCUT2D eigenvalue weighted by Crippen LogP contribution is 2.25. The number of ether oxygens (including phenoxy) is 2. The second-order valence-electron chi connectivity index (χ2n) is 6.72. The fraction of sp³-hybridized carbons (Fsp3) is 0.136. The average molecular weight is 452 g/mol. The lowest BCUT2D eigenvalue weighted by Crippen LogP contribution is -2.17. The zero-order chi connectivity index (χ0) is 22.7. The number of methoxy groups -OCH3 is 2. The van der Waals surface area contributed by atoms with Crippen LogP contribution in [0.2, 0.25) is 5.02 Å². The highest BCUT2D eigenvalue weighted by molar-refractivity contribution is 6.30. The van der Waals surface area contributed by atoms with Crippen LogP contribution in [-0.4, -0.2) is 50.9 Å². The molecule has 0 bridgehead atoms. The number of esters is 2. The van der Waals surface area contributed by atoms with Gasteiger partial charge >= 0.3 is 11.9 Å². The maximum Gasteiger partial charge on any atom is 0.361 e. The zero-order valence-electron chi connectivity index (χ0n) is 17.2. The molecule has 0 spiro atoms. The number of nitrogens with zero attached hydrogens (tertiary/aromatic N) is 5. The smallest absolute Gasteiger partial charge is 0.361 e. The summed E-state index contributed by atoms with van der Waals surface area (Å²) in [5.74, 6) is -1.53. The summed E-state index contributed by atoms with van der Waals surface area (Å²) in [6, 6.07) is 16.8. The average Bonchev–Trinajstić information content (AvgIpc) is 3.44. The molecule has 0 aliphatic rings.